The van der Waals surface area contributed by atoms with E-state index in [1.54, 1.807) is 37.6 Å². The summed E-state index contributed by atoms with van der Waals surface area (Å²) in [6.45, 7) is 2.50. The molecular weight excluding hydrogens is 368 g/mol. The summed E-state index contributed by atoms with van der Waals surface area (Å²) >= 11 is 0. The van der Waals surface area contributed by atoms with Gasteiger partial charge in [-0.3, -0.25) is 9.59 Å². The highest BCUT2D eigenvalue weighted by Crippen LogP contribution is 2.29. The van der Waals surface area contributed by atoms with Crippen molar-refractivity contribution in [2.24, 2.45) is 0 Å². The molecule has 0 atom stereocenters. The van der Waals surface area contributed by atoms with Crippen LogP contribution in [0.4, 0.5) is 5.69 Å². The molecule has 0 spiro atoms. The van der Waals surface area contributed by atoms with Gasteiger partial charge in [0.15, 0.2) is 0 Å². The third kappa shape index (κ3) is 4.66. The molecule has 0 unspecified atom stereocenters. The molecule has 1 N–H and O–H groups in total. The van der Waals surface area contributed by atoms with E-state index in [0.717, 1.165) is 12.0 Å². The number of nitrogens with zero attached hydrogens (tertiary/aromatic N) is 1. The lowest BCUT2D eigenvalue weighted by atomic mass is 10.1. The van der Waals surface area contributed by atoms with Gasteiger partial charge in [-0.15, -0.1) is 0 Å². The average molecular weight is 392 g/mol. The molecule has 0 radical (unpaired) electrons. The van der Waals surface area contributed by atoms with E-state index in [9.17, 15) is 9.59 Å². The average Bonchev–Trinajstić information content (AvgIpc) is 2.75. The summed E-state index contributed by atoms with van der Waals surface area (Å²) in [5.41, 5.74) is 2.41. The second kappa shape index (κ2) is 9.10. The van der Waals surface area contributed by atoms with Gasteiger partial charge in [0, 0.05) is 12.3 Å². The Bertz CT molecular complexity index is 1060. The number of benzene rings is 2. The zero-order chi connectivity index (χ0) is 20.8. The van der Waals surface area contributed by atoms with E-state index in [2.05, 4.69) is 12.2 Å². The predicted molar refractivity (Wildman–Crippen MR) is 113 cm³/mol. The van der Waals surface area contributed by atoms with Crippen LogP contribution >= 0.6 is 0 Å². The van der Waals surface area contributed by atoms with Crippen molar-refractivity contribution < 1.29 is 14.3 Å². The van der Waals surface area contributed by atoms with Crippen LogP contribution in [0.1, 0.15) is 28.4 Å². The van der Waals surface area contributed by atoms with Crippen LogP contribution in [0.2, 0.25) is 0 Å². The lowest BCUT2D eigenvalue weighted by molar-refractivity contribution is 0.102. The van der Waals surface area contributed by atoms with Crippen molar-refractivity contribution in [2.75, 3.05) is 19.5 Å². The van der Waals surface area contributed by atoms with Crippen LogP contribution in [0.15, 0.2) is 65.6 Å². The third-order valence-electron chi connectivity index (χ3n) is 4.71. The minimum absolute atomic E-state index is 0.0653. The first kappa shape index (κ1) is 20.2. The van der Waals surface area contributed by atoms with Gasteiger partial charge in [0.1, 0.15) is 17.1 Å². The first-order valence-electron chi connectivity index (χ1n) is 9.36. The largest absolute Gasteiger partial charge is 0.497 e. The van der Waals surface area contributed by atoms with Crippen molar-refractivity contribution in [3.05, 3.63) is 87.8 Å². The number of hydrogen-bond donors (Lipinski definition) is 1. The highest BCUT2D eigenvalue weighted by molar-refractivity contribution is 6.04. The molecule has 0 aliphatic rings. The van der Waals surface area contributed by atoms with Crippen molar-refractivity contribution in [3.8, 4) is 11.5 Å². The van der Waals surface area contributed by atoms with E-state index in [4.69, 9.17) is 9.47 Å². The van der Waals surface area contributed by atoms with Crippen molar-refractivity contribution in [3.63, 3.8) is 0 Å². The highest BCUT2D eigenvalue weighted by atomic mass is 16.5. The van der Waals surface area contributed by atoms with E-state index in [0.29, 0.717) is 23.7 Å². The van der Waals surface area contributed by atoms with Gasteiger partial charge in [-0.25, -0.2) is 0 Å². The van der Waals surface area contributed by atoms with Gasteiger partial charge in [-0.05, 0) is 41.8 Å². The molecule has 0 fully saturated rings. The molecular formula is C23H24N2O4. The summed E-state index contributed by atoms with van der Waals surface area (Å²) < 4.78 is 12.0. The molecule has 0 bridgehead atoms. The molecule has 6 heteroatoms. The molecule has 0 aliphatic heterocycles. The van der Waals surface area contributed by atoms with Gasteiger partial charge in [-0.1, -0.05) is 31.2 Å². The van der Waals surface area contributed by atoms with Gasteiger partial charge in [0.2, 0.25) is 0 Å². The summed E-state index contributed by atoms with van der Waals surface area (Å²) in [5.74, 6) is 0.565. The van der Waals surface area contributed by atoms with Crippen molar-refractivity contribution in [2.45, 2.75) is 19.9 Å². The zero-order valence-corrected chi connectivity index (χ0v) is 16.8. The maximum Gasteiger partial charge on any atom is 0.263 e. The van der Waals surface area contributed by atoms with Crippen LogP contribution in [-0.4, -0.2) is 24.7 Å². The first-order chi connectivity index (χ1) is 14.0. The maximum atomic E-state index is 12.8. The SMILES string of the molecule is CCc1ccc(Cn2cccc(C(=O)Nc3ccc(OC)cc3OC)c2=O)cc1. The number of carbonyl (C=O) groups is 1. The molecule has 0 saturated carbocycles. The molecule has 29 heavy (non-hydrogen) atoms. The minimum Gasteiger partial charge on any atom is -0.497 e. The van der Waals surface area contributed by atoms with Crippen LogP contribution in [-0.2, 0) is 13.0 Å². The number of ether oxygens (including phenoxy) is 2. The molecule has 0 aliphatic carbocycles. The Hall–Kier alpha value is -3.54. The Labute approximate surface area is 169 Å². The first-order valence-corrected chi connectivity index (χ1v) is 9.36. The normalized spacial score (nSPS) is 10.4. The smallest absolute Gasteiger partial charge is 0.263 e. The molecule has 0 saturated heterocycles. The number of aromatic nitrogens is 1. The standard InChI is InChI=1S/C23H24N2O4/c1-4-16-7-9-17(10-8-16)15-25-13-5-6-19(23(25)27)22(26)24-20-12-11-18(28-2)14-21(20)29-3/h5-14H,4,15H2,1-3H3,(H,24,26). The Morgan fingerprint density at radius 3 is 2.38 bits per heavy atom. The number of nitrogens with one attached hydrogen (secondary N) is 1. The zero-order valence-electron chi connectivity index (χ0n) is 16.8. The number of anilines is 1. The van der Waals surface area contributed by atoms with Crippen LogP contribution in [0.3, 0.4) is 0 Å². The van der Waals surface area contributed by atoms with E-state index < -0.39 is 5.91 Å². The van der Waals surface area contributed by atoms with Gasteiger partial charge in [-0.2, -0.15) is 0 Å². The fourth-order valence-corrected chi connectivity index (χ4v) is 3.00. The molecule has 6 nitrogen and oxygen atoms in total. The number of rotatable bonds is 7. The van der Waals surface area contributed by atoms with Gasteiger partial charge >= 0.3 is 0 Å². The summed E-state index contributed by atoms with van der Waals surface area (Å²) in [4.78, 5) is 25.6. The van der Waals surface area contributed by atoms with Gasteiger partial charge < -0.3 is 19.4 Å². The van der Waals surface area contributed by atoms with Gasteiger partial charge in [0.05, 0.1) is 26.5 Å². The lowest BCUT2D eigenvalue weighted by Gasteiger charge is -2.12. The summed E-state index contributed by atoms with van der Waals surface area (Å²) in [6.07, 6.45) is 2.64. The van der Waals surface area contributed by atoms with Crippen LogP contribution < -0.4 is 20.3 Å². The van der Waals surface area contributed by atoms with Crippen LogP contribution in [0.5, 0.6) is 11.5 Å². The second-order valence-electron chi connectivity index (χ2n) is 6.55. The summed E-state index contributed by atoms with van der Waals surface area (Å²) in [6, 6.07) is 16.4. The highest BCUT2D eigenvalue weighted by Gasteiger charge is 2.15. The van der Waals surface area contributed by atoms with Crippen molar-refractivity contribution in [1.82, 2.24) is 4.57 Å². The van der Waals surface area contributed by atoms with Crippen molar-refractivity contribution in [1.29, 1.82) is 0 Å². The predicted octanol–water partition coefficient (Wildman–Crippen LogP) is 3.73. The third-order valence-corrected chi connectivity index (χ3v) is 4.71. The molecule has 1 aromatic heterocycles. The minimum atomic E-state index is -0.492. The van der Waals surface area contributed by atoms with E-state index in [1.807, 2.05) is 24.3 Å². The molecule has 3 rings (SSSR count). The quantitative estimate of drug-likeness (QED) is 0.665. The fraction of sp³-hybridized carbons (Fsp3) is 0.217. The molecule has 3 aromatic rings. The number of methoxy groups -OCH3 is 2. The summed E-state index contributed by atoms with van der Waals surface area (Å²) in [7, 11) is 3.05. The topological polar surface area (TPSA) is 69.6 Å². The second-order valence-corrected chi connectivity index (χ2v) is 6.55. The van der Waals surface area contributed by atoms with Crippen LogP contribution in [0, 0.1) is 0 Å². The molecule has 1 amide bonds. The molecule has 1 heterocycles. The number of hydrogen-bond acceptors (Lipinski definition) is 4. The maximum absolute atomic E-state index is 12.8. The number of pyridine rings is 1. The number of amides is 1. The fourth-order valence-electron chi connectivity index (χ4n) is 3.00. The Morgan fingerprint density at radius 2 is 1.72 bits per heavy atom. The molecule has 2 aromatic carbocycles. The Kier molecular flexibility index (Phi) is 6.34. The Balaban J connectivity index is 1.83. The molecule has 150 valence electrons. The summed E-state index contributed by atoms with van der Waals surface area (Å²) in [5, 5.41) is 2.74. The van der Waals surface area contributed by atoms with Crippen molar-refractivity contribution >= 4 is 11.6 Å². The number of carbonyl (C=O) groups excluding carboxylic acids is 1. The monoisotopic (exact) mass is 392 g/mol. The number of aryl methyl sites for hydroxylation is 1. The van der Waals surface area contributed by atoms with E-state index in [-0.39, 0.29) is 11.1 Å². The van der Waals surface area contributed by atoms with Crippen LogP contribution in [0.25, 0.3) is 0 Å². The Morgan fingerprint density at radius 1 is 1.00 bits per heavy atom. The van der Waals surface area contributed by atoms with Gasteiger partial charge in [0.25, 0.3) is 11.5 Å². The van der Waals surface area contributed by atoms with E-state index >= 15 is 0 Å². The lowest BCUT2D eigenvalue weighted by Crippen LogP contribution is -2.29. The van der Waals surface area contributed by atoms with E-state index in [1.165, 1.54) is 23.3 Å².